The molecule has 0 heterocycles. The molecule has 0 aliphatic carbocycles. The standard InChI is InChI=1S/C19H21NO5/c1-14-4-8-17(9-5-14)25-13-18(21)20-15-6-10-16(11-7-15)24-12-2-3-19(22)23/h4-11H,2-3,12-13H2,1H3,(H,20,21)(H,22,23). The monoisotopic (exact) mass is 343 g/mol. The van der Waals surface area contributed by atoms with Gasteiger partial charge in [-0.2, -0.15) is 0 Å². The van der Waals surface area contributed by atoms with E-state index in [0.29, 0.717) is 30.2 Å². The lowest BCUT2D eigenvalue weighted by atomic mass is 10.2. The highest BCUT2D eigenvalue weighted by Gasteiger charge is 2.04. The summed E-state index contributed by atoms with van der Waals surface area (Å²) in [4.78, 5) is 22.3. The minimum Gasteiger partial charge on any atom is -0.494 e. The highest BCUT2D eigenvalue weighted by Crippen LogP contribution is 2.16. The van der Waals surface area contributed by atoms with E-state index in [2.05, 4.69) is 5.32 Å². The van der Waals surface area contributed by atoms with Gasteiger partial charge in [0.15, 0.2) is 6.61 Å². The smallest absolute Gasteiger partial charge is 0.303 e. The van der Waals surface area contributed by atoms with Crippen molar-refractivity contribution in [1.82, 2.24) is 0 Å². The number of carbonyl (C=O) groups is 2. The number of nitrogens with one attached hydrogen (secondary N) is 1. The lowest BCUT2D eigenvalue weighted by Crippen LogP contribution is -2.20. The minimum absolute atomic E-state index is 0.0729. The SMILES string of the molecule is Cc1ccc(OCC(=O)Nc2ccc(OCCCC(=O)O)cc2)cc1. The fourth-order valence-electron chi connectivity index (χ4n) is 2.03. The topological polar surface area (TPSA) is 84.9 Å². The van der Waals surface area contributed by atoms with Crippen molar-refractivity contribution >= 4 is 17.6 Å². The number of carboxylic acids is 1. The molecule has 25 heavy (non-hydrogen) atoms. The largest absolute Gasteiger partial charge is 0.494 e. The van der Waals surface area contributed by atoms with Crippen molar-refractivity contribution in [3.8, 4) is 11.5 Å². The van der Waals surface area contributed by atoms with E-state index in [1.807, 2.05) is 31.2 Å². The van der Waals surface area contributed by atoms with Crippen LogP contribution >= 0.6 is 0 Å². The Morgan fingerprint density at radius 1 is 0.960 bits per heavy atom. The Kier molecular flexibility index (Phi) is 6.83. The number of aliphatic carboxylic acids is 1. The molecule has 0 atom stereocenters. The van der Waals surface area contributed by atoms with Gasteiger partial charge in [0.2, 0.25) is 0 Å². The summed E-state index contributed by atoms with van der Waals surface area (Å²) in [7, 11) is 0. The van der Waals surface area contributed by atoms with Crippen molar-refractivity contribution in [2.24, 2.45) is 0 Å². The van der Waals surface area contributed by atoms with Gasteiger partial charge in [0.25, 0.3) is 5.91 Å². The number of benzene rings is 2. The third kappa shape index (κ3) is 6.95. The molecular formula is C19H21NO5. The van der Waals surface area contributed by atoms with Gasteiger partial charge >= 0.3 is 5.97 Å². The summed E-state index contributed by atoms with van der Waals surface area (Å²) in [6, 6.07) is 14.4. The number of rotatable bonds is 9. The summed E-state index contributed by atoms with van der Waals surface area (Å²) in [5, 5.41) is 11.3. The van der Waals surface area contributed by atoms with Crippen LogP contribution < -0.4 is 14.8 Å². The van der Waals surface area contributed by atoms with E-state index in [1.165, 1.54) is 0 Å². The number of hydrogen-bond donors (Lipinski definition) is 2. The number of anilines is 1. The van der Waals surface area contributed by atoms with Crippen molar-refractivity contribution in [2.45, 2.75) is 19.8 Å². The van der Waals surface area contributed by atoms with Crippen LogP contribution in [0.1, 0.15) is 18.4 Å². The number of ether oxygens (including phenoxy) is 2. The van der Waals surface area contributed by atoms with Gasteiger partial charge in [-0.15, -0.1) is 0 Å². The molecule has 0 saturated carbocycles. The second-order valence-electron chi connectivity index (χ2n) is 5.52. The van der Waals surface area contributed by atoms with E-state index in [-0.39, 0.29) is 18.9 Å². The Morgan fingerprint density at radius 3 is 2.20 bits per heavy atom. The van der Waals surface area contributed by atoms with E-state index in [0.717, 1.165) is 5.56 Å². The molecule has 2 aromatic carbocycles. The van der Waals surface area contributed by atoms with Crippen molar-refractivity contribution < 1.29 is 24.2 Å². The van der Waals surface area contributed by atoms with Crippen molar-refractivity contribution in [2.75, 3.05) is 18.5 Å². The molecule has 0 spiro atoms. The molecule has 0 aliphatic rings. The molecule has 2 aromatic rings. The molecule has 0 fully saturated rings. The summed E-state index contributed by atoms with van der Waals surface area (Å²) in [5.74, 6) is 0.176. The summed E-state index contributed by atoms with van der Waals surface area (Å²) in [5.41, 5.74) is 1.76. The van der Waals surface area contributed by atoms with Gasteiger partial charge in [0, 0.05) is 12.1 Å². The quantitative estimate of drug-likeness (QED) is 0.683. The molecule has 0 bridgehead atoms. The van der Waals surface area contributed by atoms with Gasteiger partial charge in [-0.25, -0.2) is 0 Å². The van der Waals surface area contributed by atoms with Crippen LogP contribution in [-0.2, 0) is 9.59 Å². The average molecular weight is 343 g/mol. The summed E-state index contributed by atoms with van der Waals surface area (Å²) in [6.45, 7) is 2.24. The molecular weight excluding hydrogens is 322 g/mol. The first-order valence-corrected chi connectivity index (χ1v) is 7.97. The molecule has 0 unspecified atom stereocenters. The Balaban J connectivity index is 1.73. The first kappa shape index (κ1) is 18.3. The second-order valence-corrected chi connectivity index (χ2v) is 5.52. The van der Waals surface area contributed by atoms with Gasteiger partial charge in [-0.1, -0.05) is 17.7 Å². The van der Waals surface area contributed by atoms with Gasteiger partial charge in [-0.05, 0) is 49.7 Å². The van der Waals surface area contributed by atoms with E-state index >= 15 is 0 Å². The average Bonchev–Trinajstić information content (AvgIpc) is 2.59. The highest BCUT2D eigenvalue weighted by molar-refractivity contribution is 5.91. The van der Waals surface area contributed by atoms with Crippen molar-refractivity contribution in [1.29, 1.82) is 0 Å². The van der Waals surface area contributed by atoms with Crippen LogP contribution in [0, 0.1) is 6.92 Å². The first-order valence-electron chi connectivity index (χ1n) is 7.97. The second kappa shape index (κ2) is 9.32. The Labute approximate surface area is 146 Å². The number of aryl methyl sites for hydroxylation is 1. The minimum atomic E-state index is -0.838. The maximum absolute atomic E-state index is 11.9. The molecule has 2 rings (SSSR count). The predicted molar refractivity (Wildman–Crippen MR) is 94.1 cm³/mol. The summed E-state index contributed by atoms with van der Waals surface area (Å²) < 4.78 is 10.8. The molecule has 1 amide bonds. The molecule has 0 saturated heterocycles. The van der Waals surface area contributed by atoms with E-state index in [9.17, 15) is 9.59 Å². The predicted octanol–water partition coefficient (Wildman–Crippen LogP) is 3.26. The Morgan fingerprint density at radius 2 is 1.56 bits per heavy atom. The van der Waals surface area contributed by atoms with Crippen molar-refractivity contribution in [3.05, 3.63) is 54.1 Å². The van der Waals surface area contributed by atoms with E-state index < -0.39 is 5.97 Å². The molecule has 0 aliphatic heterocycles. The van der Waals surface area contributed by atoms with Gasteiger partial charge in [0.1, 0.15) is 11.5 Å². The summed E-state index contributed by atoms with van der Waals surface area (Å²) >= 11 is 0. The maximum Gasteiger partial charge on any atom is 0.303 e. The first-order chi connectivity index (χ1) is 12.0. The number of hydrogen-bond acceptors (Lipinski definition) is 4. The van der Waals surface area contributed by atoms with Crippen molar-refractivity contribution in [3.63, 3.8) is 0 Å². The molecule has 6 nitrogen and oxygen atoms in total. The number of carbonyl (C=O) groups excluding carboxylic acids is 1. The zero-order chi connectivity index (χ0) is 18.1. The lowest BCUT2D eigenvalue weighted by Gasteiger charge is -2.09. The zero-order valence-electron chi connectivity index (χ0n) is 14.0. The van der Waals surface area contributed by atoms with Gasteiger partial charge < -0.3 is 19.9 Å². The lowest BCUT2D eigenvalue weighted by molar-refractivity contribution is -0.137. The van der Waals surface area contributed by atoms with E-state index in [4.69, 9.17) is 14.6 Å². The molecule has 0 aromatic heterocycles. The number of carboxylic acid groups (broad SMARTS) is 1. The van der Waals surface area contributed by atoms with E-state index in [1.54, 1.807) is 24.3 Å². The number of amides is 1. The molecule has 0 radical (unpaired) electrons. The normalized spacial score (nSPS) is 10.1. The maximum atomic E-state index is 11.9. The van der Waals surface area contributed by atoms with Crippen LogP contribution in [0.25, 0.3) is 0 Å². The third-order valence-electron chi connectivity index (χ3n) is 3.33. The molecule has 132 valence electrons. The molecule has 6 heteroatoms. The zero-order valence-corrected chi connectivity index (χ0v) is 14.0. The third-order valence-corrected chi connectivity index (χ3v) is 3.33. The van der Waals surface area contributed by atoms with Crippen LogP contribution in [0.15, 0.2) is 48.5 Å². The summed E-state index contributed by atoms with van der Waals surface area (Å²) in [6.07, 6.45) is 0.527. The van der Waals surface area contributed by atoms with Gasteiger partial charge in [-0.3, -0.25) is 9.59 Å². The fraction of sp³-hybridized carbons (Fsp3) is 0.263. The van der Waals surface area contributed by atoms with Crippen LogP contribution in [0.2, 0.25) is 0 Å². The van der Waals surface area contributed by atoms with Crippen LogP contribution in [0.3, 0.4) is 0 Å². The van der Waals surface area contributed by atoms with Crippen LogP contribution in [-0.4, -0.2) is 30.2 Å². The fourth-order valence-corrected chi connectivity index (χ4v) is 2.03. The van der Waals surface area contributed by atoms with Crippen LogP contribution in [0.4, 0.5) is 5.69 Å². The van der Waals surface area contributed by atoms with Crippen LogP contribution in [0.5, 0.6) is 11.5 Å². The Hall–Kier alpha value is -3.02. The Bertz CT molecular complexity index is 695. The molecule has 2 N–H and O–H groups in total. The van der Waals surface area contributed by atoms with Gasteiger partial charge in [0.05, 0.1) is 6.61 Å². The highest BCUT2D eigenvalue weighted by atomic mass is 16.5.